The molecule has 0 heterocycles. The van der Waals surface area contributed by atoms with E-state index < -0.39 is 6.61 Å². The number of alkyl halides is 2. The lowest BCUT2D eigenvalue weighted by atomic mass is 10.3. The summed E-state index contributed by atoms with van der Waals surface area (Å²) in [5.74, 6) is 0.142. The van der Waals surface area contributed by atoms with E-state index in [1.165, 1.54) is 17.7 Å². The maximum Gasteiger partial charge on any atom is 0.387 e. The first-order chi connectivity index (χ1) is 7.22. The molecule has 82 valence electrons. The predicted molar refractivity (Wildman–Crippen MR) is 56.6 cm³/mol. The topological polar surface area (TPSA) is 21.3 Å². The van der Waals surface area contributed by atoms with Gasteiger partial charge in [-0.2, -0.15) is 8.78 Å². The standard InChI is InChI=1S/C10H10ClF2NO/c11-6-1-7-14-8-2-4-9(5-3-8)15-10(12)13/h1-6,10,14H,7H2/b6-1+. The Morgan fingerprint density at radius 1 is 1.33 bits per heavy atom. The van der Waals surface area contributed by atoms with Crippen LogP contribution in [0.5, 0.6) is 5.75 Å². The quantitative estimate of drug-likeness (QED) is 0.841. The van der Waals surface area contributed by atoms with Crippen LogP contribution in [0.4, 0.5) is 14.5 Å². The van der Waals surface area contributed by atoms with Gasteiger partial charge in [0.25, 0.3) is 0 Å². The Balaban J connectivity index is 2.48. The zero-order chi connectivity index (χ0) is 11.1. The van der Waals surface area contributed by atoms with Gasteiger partial charge in [0.05, 0.1) is 0 Å². The number of halogens is 3. The molecule has 1 rings (SSSR count). The summed E-state index contributed by atoms with van der Waals surface area (Å²) in [6.45, 7) is -2.21. The van der Waals surface area contributed by atoms with Crippen molar-refractivity contribution < 1.29 is 13.5 Å². The van der Waals surface area contributed by atoms with Crippen molar-refractivity contribution in [3.05, 3.63) is 35.9 Å². The van der Waals surface area contributed by atoms with Crippen molar-refractivity contribution in [2.75, 3.05) is 11.9 Å². The first kappa shape index (κ1) is 11.8. The minimum Gasteiger partial charge on any atom is -0.435 e. The van der Waals surface area contributed by atoms with E-state index in [1.807, 2.05) is 0 Å². The third-order valence-electron chi connectivity index (χ3n) is 1.59. The van der Waals surface area contributed by atoms with Crippen molar-refractivity contribution >= 4 is 17.3 Å². The fourth-order valence-electron chi connectivity index (χ4n) is 0.976. The Morgan fingerprint density at radius 3 is 2.53 bits per heavy atom. The van der Waals surface area contributed by atoms with Crippen molar-refractivity contribution in [3.8, 4) is 5.75 Å². The van der Waals surface area contributed by atoms with Crippen molar-refractivity contribution in [3.63, 3.8) is 0 Å². The van der Waals surface area contributed by atoms with Crippen LogP contribution >= 0.6 is 11.6 Å². The van der Waals surface area contributed by atoms with Gasteiger partial charge in [-0.05, 0) is 24.3 Å². The molecule has 0 atom stereocenters. The number of hydrogen-bond donors (Lipinski definition) is 1. The Labute approximate surface area is 91.5 Å². The number of benzene rings is 1. The van der Waals surface area contributed by atoms with E-state index in [0.717, 1.165) is 5.69 Å². The van der Waals surface area contributed by atoms with Gasteiger partial charge in [0.1, 0.15) is 5.75 Å². The summed E-state index contributed by atoms with van der Waals surface area (Å²) in [4.78, 5) is 0. The number of hydrogen-bond acceptors (Lipinski definition) is 2. The molecule has 1 aromatic carbocycles. The van der Waals surface area contributed by atoms with Crippen molar-refractivity contribution in [1.82, 2.24) is 0 Å². The molecule has 0 radical (unpaired) electrons. The Bertz CT molecular complexity index is 314. The van der Waals surface area contributed by atoms with E-state index in [9.17, 15) is 8.78 Å². The van der Waals surface area contributed by atoms with Crippen LogP contribution in [-0.2, 0) is 0 Å². The second kappa shape index (κ2) is 6.24. The van der Waals surface area contributed by atoms with Crippen LogP contribution in [0.15, 0.2) is 35.9 Å². The molecule has 0 saturated heterocycles. The minimum atomic E-state index is -2.79. The van der Waals surface area contributed by atoms with Gasteiger partial charge in [-0.3, -0.25) is 0 Å². The lowest BCUT2D eigenvalue weighted by molar-refractivity contribution is -0.0498. The Kier molecular flexibility index (Phi) is 4.90. The fourth-order valence-corrected chi connectivity index (χ4v) is 1.06. The Hall–Kier alpha value is -1.29. The SMILES string of the molecule is FC(F)Oc1ccc(NC/C=C/Cl)cc1. The summed E-state index contributed by atoms with van der Waals surface area (Å²) in [6.07, 6.45) is 1.73. The van der Waals surface area contributed by atoms with Crippen molar-refractivity contribution in [2.24, 2.45) is 0 Å². The number of anilines is 1. The molecule has 0 spiro atoms. The smallest absolute Gasteiger partial charge is 0.387 e. The molecule has 5 heteroatoms. The monoisotopic (exact) mass is 233 g/mol. The molecule has 1 aromatic rings. The molecule has 0 aliphatic carbocycles. The molecule has 0 fully saturated rings. The highest BCUT2D eigenvalue weighted by atomic mass is 35.5. The average Bonchev–Trinajstić information content (AvgIpc) is 2.20. The van der Waals surface area contributed by atoms with Crippen LogP contribution in [0.3, 0.4) is 0 Å². The van der Waals surface area contributed by atoms with E-state index in [1.54, 1.807) is 18.2 Å². The van der Waals surface area contributed by atoms with Gasteiger partial charge in [-0.25, -0.2) is 0 Å². The molecular formula is C10H10ClF2NO. The summed E-state index contributed by atoms with van der Waals surface area (Å²) < 4.78 is 27.8. The molecular weight excluding hydrogens is 224 g/mol. The summed E-state index contributed by atoms with van der Waals surface area (Å²) in [5.41, 5.74) is 2.22. The number of nitrogens with one attached hydrogen (secondary N) is 1. The minimum absolute atomic E-state index is 0.142. The number of ether oxygens (including phenoxy) is 1. The van der Waals surface area contributed by atoms with Crippen LogP contribution < -0.4 is 10.1 Å². The van der Waals surface area contributed by atoms with E-state index in [4.69, 9.17) is 11.6 Å². The Morgan fingerprint density at radius 2 is 2.00 bits per heavy atom. The van der Waals surface area contributed by atoms with Gasteiger partial charge >= 0.3 is 6.61 Å². The van der Waals surface area contributed by atoms with Gasteiger partial charge in [0.15, 0.2) is 0 Å². The van der Waals surface area contributed by atoms with E-state index in [2.05, 4.69) is 10.1 Å². The maximum atomic E-state index is 11.8. The fraction of sp³-hybridized carbons (Fsp3) is 0.200. The summed E-state index contributed by atoms with van der Waals surface area (Å²) in [5, 5.41) is 3.01. The first-order valence-corrected chi connectivity index (χ1v) is 4.70. The molecule has 0 aromatic heterocycles. The molecule has 0 amide bonds. The zero-order valence-electron chi connectivity index (χ0n) is 7.79. The summed E-state index contributed by atoms with van der Waals surface area (Å²) >= 11 is 5.33. The normalized spacial score (nSPS) is 10.9. The highest BCUT2D eigenvalue weighted by Crippen LogP contribution is 2.17. The van der Waals surface area contributed by atoms with Gasteiger partial charge in [-0.1, -0.05) is 17.7 Å². The molecule has 1 N–H and O–H groups in total. The summed E-state index contributed by atoms with van der Waals surface area (Å²) in [7, 11) is 0. The maximum absolute atomic E-state index is 11.8. The second-order valence-electron chi connectivity index (χ2n) is 2.65. The third-order valence-corrected chi connectivity index (χ3v) is 1.77. The largest absolute Gasteiger partial charge is 0.435 e. The van der Waals surface area contributed by atoms with Crippen molar-refractivity contribution in [1.29, 1.82) is 0 Å². The second-order valence-corrected chi connectivity index (χ2v) is 2.90. The van der Waals surface area contributed by atoms with Gasteiger partial charge in [0, 0.05) is 17.8 Å². The van der Waals surface area contributed by atoms with Crippen LogP contribution in [0, 0.1) is 0 Å². The number of rotatable bonds is 5. The van der Waals surface area contributed by atoms with Crippen molar-refractivity contribution in [2.45, 2.75) is 6.61 Å². The van der Waals surface area contributed by atoms with Crippen LogP contribution in [-0.4, -0.2) is 13.2 Å². The summed E-state index contributed by atoms with van der Waals surface area (Å²) in [6, 6.07) is 6.25. The lowest BCUT2D eigenvalue weighted by Crippen LogP contribution is -2.02. The van der Waals surface area contributed by atoms with E-state index >= 15 is 0 Å². The van der Waals surface area contributed by atoms with Crippen LogP contribution in [0.2, 0.25) is 0 Å². The molecule has 0 bridgehead atoms. The van der Waals surface area contributed by atoms with Crippen LogP contribution in [0.1, 0.15) is 0 Å². The first-order valence-electron chi connectivity index (χ1n) is 4.26. The highest BCUT2D eigenvalue weighted by molar-refractivity contribution is 6.25. The average molecular weight is 234 g/mol. The molecule has 0 aliphatic heterocycles. The molecule has 15 heavy (non-hydrogen) atoms. The molecule has 0 saturated carbocycles. The van der Waals surface area contributed by atoms with E-state index in [0.29, 0.717) is 6.54 Å². The highest BCUT2D eigenvalue weighted by Gasteiger charge is 2.02. The molecule has 0 unspecified atom stereocenters. The van der Waals surface area contributed by atoms with E-state index in [-0.39, 0.29) is 5.75 Å². The lowest BCUT2D eigenvalue weighted by Gasteiger charge is -2.06. The third kappa shape index (κ3) is 4.65. The van der Waals surface area contributed by atoms with Gasteiger partial charge in [-0.15, -0.1) is 0 Å². The molecule has 2 nitrogen and oxygen atoms in total. The molecule has 0 aliphatic rings. The zero-order valence-corrected chi connectivity index (χ0v) is 8.55. The predicted octanol–water partition coefficient (Wildman–Crippen LogP) is 3.45. The van der Waals surface area contributed by atoms with Crippen LogP contribution in [0.25, 0.3) is 0 Å². The van der Waals surface area contributed by atoms with Gasteiger partial charge < -0.3 is 10.1 Å². The van der Waals surface area contributed by atoms with Gasteiger partial charge in [0.2, 0.25) is 0 Å².